The van der Waals surface area contributed by atoms with Gasteiger partial charge in [0.1, 0.15) is 11.6 Å². The normalized spacial score (nSPS) is 21.9. The van der Waals surface area contributed by atoms with Crippen molar-refractivity contribution < 1.29 is 14.3 Å². The van der Waals surface area contributed by atoms with E-state index in [1.54, 1.807) is 12.4 Å². The Morgan fingerprint density at radius 1 is 1.37 bits per heavy atom. The maximum Gasteiger partial charge on any atom is 0.240 e. The molecule has 1 aromatic heterocycles. The quantitative estimate of drug-likeness (QED) is 0.806. The predicted molar refractivity (Wildman–Crippen MR) is 102 cm³/mol. The second-order valence-corrected chi connectivity index (χ2v) is 8.19. The summed E-state index contributed by atoms with van der Waals surface area (Å²) in [5.74, 6) is 0.699. The van der Waals surface area contributed by atoms with Gasteiger partial charge in [-0.3, -0.25) is 19.5 Å². The molecule has 0 aliphatic carbocycles. The molecule has 0 saturated carbocycles. The first-order chi connectivity index (χ1) is 12.9. The third kappa shape index (κ3) is 4.84. The van der Waals surface area contributed by atoms with Crippen molar-refractivity contribution in [2.24, 2.45) is 5.92 Å². The smallest absolute Gasteiger partial charge is 0.240 e. The lowest BCUT2D eigenvalue weighted by molar-refractivity contribution is -0.201. The number of morpholine rings is 1. The molecule has 0 aromatic carbocycles. The molecule has 3 heterocycles. The van der Waals surface area contributed by atoms with Crippen LogP contribution in [0.4, 0.5) is 0 Å². The van der Waals surface area contributed by atoms with Crippen LogP contribution in [0, 0.1) is 5.92 Å². The number of rotatable bonds is 6. The summed E-state index contributed by atoms with van der Waals surface area (Å²) in [6.07, 6.45) is 4.98. The van der Waals surface area contributed by atoms with Gasteiger partial charge in [0, 0.05) is 31.9 Å². The van der Waals surface area contributed by atoms with Crippen molar-refractivity contribution in [3.63, 3.8) is 0 Å². The summed E-state index contributed by atoms with van der Waals surface area (Å²) in [5.41, 5.74) is 0.652. The molecule has 2 aliphatic rings. The first kappa shape index (κ1) is 19.8. The van der Waals surface area contributed by atoms with Gasteiger partial charge in [-0.2, -0.15) is 0 Å². The largest absolute Gasteiger partial charge is 0.368 e. The minimum absolute atomic E-state index is 0.0413. The summed E-state index contributed by atoms with van der Waals surface area (Å²) in [4.78, 5) is 32.7. The van der Waals surface area contributed by atoms with Gasteiger partial charge in [-0.1, -0.05) is 19.9 Å². The zero-order valence-electron chi connectivity index (χ0n) is 16.5. The summed E-state index contributed by atoms with van der Waals surface area (Å²) >= 11 is 0. The van der Waals surface area contributed by atoms with Crippen molar-refractivity contribution in [1.29, 1.82) is 0 Å². The second-order valence-electron chi connectivity index (χ2n) is 8.19. The highest BCUT2D eigenvalue weighted by molar-refractivity contribution is 5.82. The number of ether oxygens (including phenoxy) is 1. The molecular formula is C20H30N4O3. The Morgan fingerprint density at radius 3 is 2.78 bits per heavy atom. The Morgan fingerprint density at radius 2 is 2.15 bits per heavy atom. The number of carbonyl (C=O) groups is 2. The highest BCUT2D eigenvalue weighted by atomic mass is 16.5. The summed E-state index contributed by atoms with van der Waals surface area (Å²) in [7, 11) is 1.95. The lowest BCUT2D eigenvalue weighted by atomic mass is 9.90. The Bertz CT molecular complexity index is 658. The molecule has 148 valence electrons. The summed E-state index contributed by atoms with van der Waals surface area (Å²) in [6, 6.07) is 3.48. The molecule has 2 amide bonds. The van der Waals surface area contributed by atoms with Crippen LogP contribution in [0.5, 0.6) is 0 Å². The van der Waals surface area contributed by atoms with Gasteiger partial charge in [-0.05, 0) is 31.0 Å². The van der Waals surface area contributed by atoms with Gasteiger partial charge in [0.25, 0.3) is 0 Å². The molecule has 0 bridgehead atoms. The molecule has 1 N–H and O–H groups in total. The monoisotopic (exact) mass is 374 g/mol. The molecule has 0 radical (unpaired) electrons. The van der Waals surface area contributed by atoms with E-state index in [0.29, 0.717) is 45.1 Å². The molecule has 1 atom stereocenters. The van der Waals surface area contributed by atoms with Crippen molar-refractivity contribution in [3.8, 4) is 0 Å². The SMILES string of the molecule is CC(C)CCC(=O)N1CC2(C1)CN(C)[C@H](C(=O)NCc1cccnc1)CO2. The van der Waals surface area contributed by atoms with Crippen molar-refractivity contribution in [3.05, 3.63) is 30.1 Å². The number of amides is 2. The van der Waals surface area contributed by atoms with E-state index in [0.717, 1.165) is 12.0 Å². The highest BCUT2D eigenvalue weighted by Gasteiger charge is 2.50. The number of hydrogen-bond acceptors (Lipinski definition) is 5. The van der Waals surface area contributed by atoms with E-state index in [1.165, 1.54) is 0 Å². The van der Waals surface area contributed by atoms with E-state index in [4.69, 9.17) is 4.74 Å². The molecule has 2 aliphatic heterocycles. The van der Waals surface area contributed by atoms with Crippen LogP contribution >= 0.6 is 0 Å². The zero-order valence-corrected chi connectivity index (χ0v) is 16.5. The highest BCUT2D eigenvalue weighted by Crippen LogP contribution is 2.31. The maximum absolute atomic E-state index is 12.5. The van der Waals surface area contributed by atoms with Crippen molar-refractivity contribution in [2.75, 3.05) is 33.3 Å². The van der Waals surface area contributed by atoms with Crippen LogP contribution < -0.4 is 5.32 Å². The Hall–Kier alpha value is -1.99. The van der Waals surface area contributed by atoms with Crippen LogP contribution in [-0.4, -0.2) is 71.5 Å². The summed E-state index contributed by atoms with van der Waals surface area (Å²) in [6.45, 7) is 6.97. The molecule has 7 nitrogen and oxygen atoms in total. The molecule has 3 rings (SSSR count). The average Bonchev–Trinajstić information content (AvgIpc) is 2.62. The average molecular weight is 374 g/mol. The van der Waals surface area contributed by atoms with Crippen molar-refractivity contribution in [1.82, 2.24) is 20.1 Å². The van der Waals surface area contributed by atoms with Crippen LogP contribution in [-0.2, 0) is 20.9 Å². The second kappa shape index (κ2) is 8.35. The van der Waals surface area contributed by atoms with E-state index in [2.05, 4.69) is 24.1 Å². The standard InChI is InChI=1S/C20H30N4O3/c1-15(2)6-7-18(25)24-13-20(14-24)12-23(3)17(11-27-20)19(26)22-10-16-5-4-8-21-9-16/h4-5,8-9,15,17H,6-7,10-14H2,1-3H3,(H,22,26)/t17-/m0/s1. The van der Waals surface area contributed by atoms with Gasteiger partial charge >= 0.3 is 0 Å². The minimum Gasteiger partial charge on any atom is -0.368 e. The number of likely N-dealkylation sites (tertiary alicyclic amines) is 1. The van der Waals surface area contributed by atoms with E-state index in [-0.39, 0.29) is 23.5 Å². The molecule has 1 aromatic rings. The third-order valence-corrected chi connectivity index (χ3v) is 5.36. The molecule has 1 spiro atoms. The predicted octanol–water partition coefficient (Wildman–Crippen LogP) is 1.05. The Kier molecular flexibility index (Phi) is 6.11. The fourth-order valence-corrected chi connectivity index (χ4v) is 3.67. The van der Waals surface area contributed by atoms with Crippen LogP contribution in [0.25, 0.3) is 0 Å². The lowest BCUT2D eigenvalue weighted by Crippen LogP contribution is -2.73. The number of aromatic nitrogens is 1. The summed E-state index contributed by atoms with van der Waals surface area (Å²) < 4.78 is 6.05. The molecule has 2 saturated heterocycles. The van der Waals surface area contributed by atoms with Gasteiger partial charge in [0.2, 0.25) is 11.8 Å². The number of pyridine rings is 1. The lowest BCUT2D eigenvalue weighted by Gasteiger charge is -2.54. The van der Waals surface area contributed by atoms with Gasteiger partial charge in [0.05, 0.1) is 19.7 Å². The van der Waals surface area contributed by atoms with Gasteiger partial charge in [-0.25, -0.2) is 0 Å². The first-order valence-electron chi connectivity index (χ1n) is 9.67. The topological polar surface area (TPSA) is 74.8 Å². The van der Waals surface area contributed by atoms with Crippen LogP contribution in [0.3, 0.4) is 0 Å². The molecule has 2 fully saturated rings. The molecule has 7 heteroatoms. The fourth-order valence-electron chi connectivity index (χ4n) is 3.67. The van der Waals surface area contributed by atoms with Gasteiger partial charge in [0.15, 0.2) is 0 Å². The molecule has 27 heavy (non-hydrogen) atoms. The number of hydrogen-bond donors (Lipinski definition) is 1. The molecule has 0 unspecified atom stereocenters. The summed E-state index contributed by atoms with van der Waals surface area (Å²) in [5, 5.41) is 2.95. The molecular weight excluding hydrogens is 344 g/mol. The van der Waals surface area contributed by atoms with Gasteiger partial charge in [-0.15, -0.1) is 0 Å². The Balaban J connectivity index is 1.44. The van der Waals surface area contributed by atoms with E-state index in [9.17, 15) is 9.59 Å². The van der Waals surface area contributed by atoms with Crippen molar-refractivity contribution >= 4 is 11.8 Å². The maximum atomic E-state index is 12.5. The number of nitrogens with zero attached hydrogens (tertiary/aromatic N) is 3. The number of nitrogens with one attached hydrogen (secondary N) is 1. The van der Waals surface area contributed by atoms with Crippen LogP contribution in [0.2, 0.25) is 0 Å². The third-order valence-electron chi connectivity index (χ3n) is 5.36. The number of likely N-dealkylation sites (N-methyl/N-ethyl adjacent to an activating group) is 1. The van der Waals surface area contributed by atoms with Gasteiger partial charge < -0.3 is 15.0 Å². The van der Waals surface area contributed by atoms with Crippen molar-refractivity contribution in [2.45, 2.75) is 44.9 Å². The van der Waals surface area contributed by atoms with E-state index in [1.807, 2.05) is 29.0 Å². The van der Waals surface area contributed by atoms with Crippen LogP contribution in [0.1, 0.15) is 32.3 Å². The zero-order chi connectivity index (χ0) is 19.4. The van der Waals surface area contributed by atoms with E-state index >= 15 is 0 Å². The van der Waals surface area contributed by atoms with Crippen LogP contribution in [0.15, 0.2) is 24.5 Å². The van der Waals surface area contributed by atoms with E-state index < -0.39 is 0 Å². The number of carbonyl (C=O) groups excluding carboxylic acids is 2. The fraction of sp³-hybridized carbons (Fsp3) is 0.650. The Labute approximate surface area is 161 Å². The first-order valence-corrected chi connectivity index (χ1v) is 9.67. The minimum atomic E-state index is -0.317.